The van der Waals surface area contributed by atoms with E-state index < -0.39 is 0 Å². The first-order valence-electron chi connectivity index (χ1n) is 8.12. The molecule has 1 saturated carbocycles. The van der Waals surface area contributed by atoms with Gasteiger partial charge in [0.05, 0.1) is 34.6 Å². The Morgan fingerprint density at radius 3 is 2.76 bits per heavy atom. The van der Waals surface area contributed by atoms with Gasteiger partial charge in [0.15, 0.2) is 0 Å². The number of nitrogens with two attached hydrogens (primary N) is 1. The highest BCUT2D eigenvalue weighted by molar-refractivity contribution is 6.36. The van der Waals surface area contributed by atoms with Gasteiger partial charge in [0.1, 0.15) is 0 Å². The molecule has 126 valence electrons. The van der Waals surface area contributed by atoms with E-state index in [4.69, 9.17) is 17.3 Å². The molecule has 2 aromatic heterocycles. The van der Waals surface area contributed by atoms with E-state index in [0.717, 1.165) is 40.4 Å². The number of halogens is 1. The molecule has 25 heavy (non-hydrogen) atoms. The Morgan fingerprint density at radius 1 is 1.32 bits per heavy atom. The predicted octanol–water partition coefficient (Wildman–Crippen LogP) is 3.81. The van der Waals surface area contributed by atoms with Crippen LogP contribution in [0.25, 0.3) is 22.0 Å². The van der Waals surface area contributed by atoms with Gasteiger partial charge >= 0.3 is 0 Å². The molecular weight excluding hydrogens is 336 g/mol. The van der Waals surface area contributed by atoms with Crippen LogP contribution in [0.3, 0.4) is 0 Å². The number of nitrogen functional groups attached to an aromatic ring is 1. The number of hydrogen-bond acceptors (Lipinski definition) is 4. The zero-order chi connectivity index (χ0) is 17.7. The molecule has 1 aliphatic rings. The molecule has 3 aromatic rings. The van der Waals surface area contributed by atoms with Crippen LogP contribution in [-0.2, 0) is 0 Å². The summed E-state index contributed by atoms with van der Waals surface area (Å²) in [4.78, 5) is 4.16. The second kappa shape index (κ2) is 5.76. The SMILES string of the molecule is Cc1cc2c(cc1C#N)c(-c1cncc(N)c1Cl)cn2[C@H]1C[C@@H](O)C1. The highest BCUT2D eigenvalue weighted by Gasteiger charge is 2.30. The number of aryl methyl sites for hydroxylation is 1. The first-order valence-corrected chi connectivity index (χ1v) is 8.50. The van der Waals surface area contributed by atoms with E-state index in [9.17, 15) is 10.4 Å². The lowest BCUT2D eigenvalue weighted by atomic mass is 9.89. The summed E-state index contributed by atoms with van der Waals surface area (Å²) in [5.41, 5.74) is 10.6. The van der Waals surface area contributed by atoms with Crippen LogP contribution in [0.4, 0.5) is 5.69 Å². The molecule has 0 bridgehead atoms. The van der Waals surface area contributed by atoms with E-state index in [0.29, 0.717) is 16.3 Å². The molecule has 0 aliphatic heterocycles. The van der Waals surface area contributed by atoms with E-state index >= 15 is 0 Å². The van der Waals surface area contributed by atoms with Crippen molar-refractivity contribution in [1.82, 2.24) is 9.55 Å². The summed E-state index contributed by atoms with van der Waals surface area (Å²) in [6.07, 6.45) is 6.46. The first kappa shape index (κ1) is 15.9. The van der Waals surface area contributed by atoms with E-state index in [1.165, 1.54) is 6.20 Å². The van der Waals surface area contributed by atoms with Crippen molar-refractivity contribution in [2.24, 2.45) is 0 Å². The van der Waals surface area contributed by atoms with Gasteiger partial charge in [0.2, 0.25) is 0 Å². The maximum atomic E-state index is 9.69. The Bertz CT molecular complexity index is 1030. The number of anilines is 1. The quantitative estimate of drug-likeness (QED) is 0.734. The largest absolute Gasteiger partial charge is 0.396 e. The molecule has 0 radical (unpaired) electrons. The third-order valence-electron chi connectivity index (χ3n) is 4.98. The Balaban J connectivity index is 2.00. The molecule has 0 unspecified atom stereocenters. The minimum atomic E-state index is -0.247. The summed E-state index contributed by atoms with van der Waals surface area (Å²) in [6, 6.07) is 6.40. The molecule has 3 N–H and O–H groups in total. The molecule has 1 aromatic carbocycles. The Kier molecular flexibility index (Phi) is 3.68. The number of aliphatic hydroxyl groups is 1. The topological polar surface area (TPSA) is 87.9 Å². The molecule has 1 aliphatic carbocycles. The van der Waals surface area contributed by atoms with Gasteiger partial charge in [-0.1, -0.05) is 11.6 Å². The van der Waals surface area contributed by atoms with Crippen LogP contribution in [0.1, 0.15) is 30.0 Å². The fourth-order valence-corrected chi connectivity index (χ4v) is 3.67. The van der Waals surface area contributed by atoms with Crippen LogP contribution in [0.2, 0.25) is 5.02 Å². The molecule has 2 heterocycles. The molecule has 5 nitrogen and oxygen atoms in total. The van der Waals surface area contributed by atoms with Crippen molar-refractivity contribution in [2.45, 2.75) is 31.9 Å². The number of aliphatic hydroxyl groups excluding tert-OH is 1. The number of hydrogen-bond donors (Lipinski definition) is 2. The Labute approximate surface area is 150 Å². The van der Waals surface area contributed by atoms with Crippen molar-refractivity contribution in [1.29, 1.82) is 5.26 Å². The molecule has 6 heteroatoms. The van der Waals surface area contributed by atoms with Gasteiger partial charge < -0.3 is 15.4 Å². The monoisotopic (exact) mass is 352 g/mol. The number of pyridine rings is 1. The van der Waals surface area contributed by atoms with Crippen molar-refractivity contribution in [3.8, 4) is 17.2 Å². The summed E-state index contributed by atoms with van der Waals surface area (Å²) in [5, 5.41) is 20.5. The van der Waals surface area contributed by atoms with Gasteiger partial charge in [-0.3, -0.25) is 4.98 Å². The molecule has 0 saturated heterocycles. The van der Waals surface area contributed by atoms with Crippen LogP contribution in [0, 0.1) is 18.3 Å². The third-order valence-corrected chi connectivity index (χ3v) is 5.40. The number of aromatic nitrogens is 2. The summed E-state index contributed by atoms with van der Waals surface area (Å²) in [7, 11) is 0. The summed E-state index contributed by atoms with van der Waals surface area (Å²) in [5.74, 6) is 0. The van der Waals surface area contributed by atoms with Gasteiger partial charge in [-0.05, 0) is 37.5 Å². The van der Waals surface area contributed by atoms with Gasteiger partial charge in [-0.2, -0.15) is 5.26 Å². The highest BCUT2D eigenvalue weighted by atomic mass is 35.5. The number of fused-ring (bicyclic) bond motifs is 1. The fourth-order valence-electron chi connectivity index (χ4n) is 3.47. The lowest BCUT2D eigenvalue weighted by molar-refractivity contribution is 0.0504. The van der Waals surface area contributed by atoms with Crippen molar-refractivity contribution in [2.75, 3.05) is 5.73 Å². The number of rotatable bonds is 2. The Hall–Kier alpha value is -2.55. The minimum Gasteiger partial charge on any atom is -0.396 e. The average molecular weight is 353 g/mol. The lowest BCUT2D eigenvalue weighted by Gasteiger charge is -2.33. The highest BCUT2D eigenvalue weighted by Crippen LogP contribution is 2.42. The van der Waals surface area contributed by atoms with Crippen molar-refractivity contribution in [3.63, 3.8) is 0 Å². The van der Waals surface area contributed by atoms with E-state index in [1.54, 1.807) is 6.20 Å². The number of nitrogens with zero attached hydrogens (tertiary/aromatic N) is 3. The Morgan fingerprint density at radius 2 is 2.08 bits per heavy atom. The van der Waals surface area contributed by atoms with Gasteiger partial charge in [0, 0.05) is 40.5 Å². The standard InChI is InChI=1S/C19H17ClN4O/c1-10-2-18-14(3-11(10)6-21)16(9-24(18)12-4-13(25)5-12)15-7-23-8-17(22)19(15)20/h2-3,7-9,12-13,25H,4-5,22H2,1H3/t12-,13+. The van der Waals surface area contributed by atoms with Gasteiger partial charge in [0.25, 0.3) is 0 Å². The van der Waals surface area contributed by atoms with Crippen LogP contribution in [0.5, 0.6) is 0 Å². The van der Waals surface area contributed by atoms with E-state index in [-0.39, 0.29) is 12.1 Å². The maximum Gasteiger partial charge on any atom is 0.0994 e. The summed E-state index contributed by atoms with van der Waals surface area (Å²) < 4.78 is 2.17. The smallest absolute Gasteiger partial charge is 0.0994 e. The molecular formula is C19H17ClN4O. The normalized spacial score (nSPS) is 19.6. The molecule has 1 fully saturated rings. The second-order valence-corrected chi connectivity index (χ2v) is 6.99. The zero-order valence-corrected chi connectivity index (χ0v) is 14.5. The predicted molar refractivity (Wildman–Crippen MR) is 98.3 cm³/mol. The summed E-state index contributed by atoms with van der Waals surface area (Å²) >= 11 is 6.41. The maximum absolute atomic E-state index is 9.69. The van der Waals surface area contributed by atoms with Crippen LogP contribution < -0.4 is 5.73 Å². The third kappa shape index (κ3) is 2.46. The fraction of sp³-hybridized carbons (Fsp3) is 0.263. The zero-order valence-electron chi connectivity index (χ0n) is 13.7. The van der Waals surface area contributed by atoms with Gasteiger partial charge in [-0.15, -0.1) is 0 Å². The van der Waals surface area contributed by atoms with E-state index in [2.05, 4.69) is 15.6 Å². The van der Waals surface area contributed by atoms with E-state index in [1.807, 2.05) is 25.3 Å². The molecule has 4 rings (SSSR count). The van der Waals surface area contributed by atoms with Crippen LogP contribution in [-0.4, -0.2) is 20.8 Å². The van der Waals surface area contributed by atoms with Crippen molar-refractivity contribution >= 4 is 28.2 Å². The second-order valence-electron chi connectivity index (χ2n) is 6.62. The van der Waals surface area contributed by atoms with Crippen molar-refractivity contribution in [3.05, 3.63) is 46.9 Å². The lowest BCUT2D eigenvalue weighted by Crippen LogP contribution is -2.30. The van der Waals surface area contributed by atoms with Crippen LogP contribution in [0.15, 0.2) is 30.7 Å². The summed E-state index contributed by atoms with van der Waals surface area (Å²) in [6.45, 7) is 1.93. The van der Waals surface area contributed by atoms with Crippen LogP contribution >= 0.6 is 11.6 Å². The number of benzene rings is 1. The molecule has 0 atom stereocenters. The van der Waals surface area contributed by atoms with Gasteiger partial charge in [-0.25, -0.2) is 0 Å². The number of nitriles is 1. The minimum absolute atomic E-state index is 0.242. The molecule has 0 spiro atoms. The first-order chi connectivity index (χ1) is 12.0. The van der Waals surface area contributed by atoms with Crippen molar-refractivity contribution < 1.29 is 5.11 Å². The molecule has 0 amide bonds. The average Bonchev–Trinajstić information content (AvgIpc) is 2.91.